The standard InChI is InChI=1S/C9H19N3O2/c1-7-6-14-4-3-12(7)5-8(11-2)9(10)13/h7-8,11H,3-6H2,1-2H3,(H2,10,13). The summed E-state index contributed by atoms with van der Waals surface area (Å²) in [4.78, 5) is 13.2. The summed E-state index contributed by atoms with van der Waals surface area (Å²) < 4.78 is 5.31. The Bertz CT molecular complexity index is 198. The number of ether oxygens (including phenoxy) is 1. The zero-order valence-electron chi connectivity index (χ0n) is 8.82. The third-order valence-electron chi connectivity index (χ3n) is 2.61. The van der Waals surface area contributed by atoms with Crippen molar-refractivity contribution in [3.05, 3.63) is 0 Å². The first kappa shape index (κ1) is 11.4. The number of amides is 1. The van der Waals surface area contributed by atoms with Crippen LogP contribution in [0.4, 0.5) is 0 Å². The maximum absolute atomic E-state index is 11.0. The molecule has 0 aromatic heterocycles. The van der Waals surface area contributed by atoms with Gasteiger partial charge < -0.3 is 15.8 Å². The fourth-order valence-corrected chi connectivity index (χ4v) is 1.59. The number of hydrogen-bond donors (Lipinski definition) is 2. The molecule has 0 bridgehead atoms. The Morgan fingerprint density at radius 1 is 1.79 bits per heavy atom. The van der Waals surface area contributed by atoms with E-state index in [-0.39, 0.29) is 11.9 Å². The lowest BCUT2D eigenvalue weighted by Crippen LogP contribution is -2.53. The second-order valence-electron chi connectivity index (χ2n) is 3.66. The second kappa shape index (κ2) is 5.29. The Kier molecular flexibility index (Phi) is 4.31. The Labute approximate surface area is 84.6 Å². The van der Waals surface area contributed by atoms with Gasteiger partial charge in [-0.1, -0.05) is 0 Å². The van der Waals surface area contributed by atoms with E-state index in [0.717, 1.165) is 19.8 Å². The molecule has 0 radical (unpaired) electrons. The van der Waals surface area contributed by atoms with Gasteiger partial charge >= 0.3 is 0 Å². The first-order valence-electron chi connectivity index (χ1n) is 4.93. The fraction of sp³-hybridized carbons (Fsp3) is 0.889. The molecule has 0 saturated carbocycles. The van der Waals surface area contributed by atoms with Crippen LogP contribution in [0, 0.1) is 0 Å². The molecule has 0 aliphatic carbocycles. The van der Waals surface area contributed by atoms with Crippen molar-refractivity contribution in [3.8, 4) is 0 Å². The van der Waals surface area contributed by atoms with Gasteiger partial charge in [0.2, 0.25) is 5.91 Å². The second-order valence-corrected chi connectivity index (χ2v) is 3.66. The topological polar surface area (TPSA) is 67.6 Å². The molecule has 0 spiro atoms. The van der Waals surface area contributed by atoms with E-state index in [1.807, 2.05) is 0 Å². The average molecular weight is 201 g/mol. The van der Waals surface area contributed by atoms with Crippen molar-refractivity contribution in [2.75, 3.05) is 33.4 Å². The van der Waals surface area contributed by atoms with Gasteiger partial charge in [0.25, 0.3) is 0 Å². The summed E-state index contributed by atoms with van der Waals surface area (Å²) in [7, 11) is 1.75. The van der Waals surface area contributed by atoms with E-state index in [1.54, 1.807) is 7.05 Å². The molecule has 1 heterocycles. The Hall–Kier alpha value is -0.650. The monoisotopic (exact) mass is 201 g/mol. The number of rotatable bonds is 4. The molecular formula is C9H19N3O2. The van der Waals surface area contributed by atoms with Crippen molar-refractivity contribution in [3.63, 3.8) is 0 Å². The molecule has 1 fully saturated rings. The molecule has 2 unspecified atom stereocenters. The lowest BCUT2D eigenvalue weighted by Gasteiger charge is -2.34. The summed E-state index contributed by atoms with van der Waals surface area (Å²) in [5.74, 6) is -0.300. The highest BCUT2D eigenvalue weighted by atomic mass is 16.5. The number of nitrogens with zero attached hydrogens (tertiary/aromatic N) is 1. The van der Waals surface area contributed by atoms with E-state index < -0.39 is 0 Å². The molecule has 5 heteroatoms. The molecule has 1 saturated heterocycles. The Morgan fingerprint density at radius 2 is 2.50 bits per heavy atom. The molecule has 82 valence electrons. The van der Waals surface area contributed by atoms with E-state index >= 15 is 0 Å². The number of nitrogens with two attached hydrogens (primary N) is 1. The first-order chi connectivity index (χ1) is 6.65. The highest BCUT2D eigenvalue weighted by molar-refractivity contribution is 5.80. The Morgan fingerprint density at radius 3 is 3.00 bits per heavy atom. The van der Waals surface area contributed by atoms with Gasteiger partial charge in [0.1, 0.15) is 0 Å². The molecule has 3 N–H and O–H groups in total. The minimum absolute atomic E-state index is 0.268. The van der Waals surface area contributed by atoms with E-state index in [1.165, 1.54) is 0 Å². The van der Waals surface area contributed by atoms with Crippen molar-refractivity contribution in [1.82, 2.24) is 10.2 Å². The van der Waals surface area contributed by atoms with Crippen LogP contribution in [0.2, 0.25) is 0 Å². The minimum atomic E-state index is -0.300. The lowest BCUT2D eigenvalue weighted by molar-refractivity contribution is -0.121. The minimum Gasteiger partial charge on any atom is -0.379 e. The average Bonchev–Trinajstić information content (AvgIpc) is 2.16. The lowest BCUT2D eigenvalue weighted by atomic mass is 10.2. The van der Waals surface area contributed by atoms with Crippen LogP contribution in [-0.2, 0) is 9.53 Å². The summed E-state index contributed by atoms with van der Waals surface area (Å²) in [6.07, 6.45) is 0. The predicted molar refractivity (Wildman–Crippen MR) is 53.9 cm³/mol. The largest absolute Gasteiger partial charge is 0.379 e. The maximum Gasteiger partial charge on any atom is 0.235 e. The molecule has 1 aliphatic heterocycles. The van der Waals surface area contributed by atoms with Gasteiger partial charge in [-0.15, -0.1) is 0 Å². The zero-order chi connectivity index (χ0) is 10.6. The van der Waals surface area contributed by atoms with Gasteiger partial charge in [0, 0.05) is 19.1 Å². The smallest absolute Gasteiger partial charge is 0.235 e. The van der Waals surface area contributed by atoms with Gasteiger partial charge in [-0.2, -0.15) is 0 Å². The number of nitrogens with one attached hydrogen (secondary N) is 1. The summed E-state index contributed by atoms with van der Waals surface area (Å²) in [6.45, 7) is 5.09. The summed E-state index contributed by atoms with van der Waals surface area (Å²) >= 11 is 0. The summed E-state index contributed by atoms with van der Waals surface area (Å²) in [5.41, 5.74) is 5.25. The Balaban J connectivity index is 2.43. The third kappa shape index (κ3) is 2.94. The van der Waals surface area contributed by atoms with Gasteiger partial charge in [-0.25, -0.2) is 0 Å². The van der Waals surface area contributed by atoms with Crippen molar-refractivity contribution >= 4 is 5.91 Å². The highest BCUT2D eigenvalue weighted by Gasteiger charge is 2.23. The zero-order valence-corrected chi connectivity index (χ0v) is 8.82. The number of carbonyl (C=O) groups is 1. The van der Waals surface area contributed by atoms with Gasteiger partial charge in [-0.05, 0) is 14.0 Å². The van der Waals surface area contributed by atoms with Crippen molar-refractivity contribution < 1.29 is 9.53 Å². The predicted octanol–water partition coefficient (Wildman–Crippen LogP) is -1.22. The highest BCUT2D eigenvalue weighted by Crippen LogP contribution is 2.06. The van der Waals surface area contributed by atoms with E-state index in [4.69, 9.17) is 10.5 Å². The molecular weight excluding hydrogens is 182 g/mol. The van der Waals surface area contributed by atoms with Crippen LogP contribution < -0.4 is 11.1 Å². The van der Waals surface area contributed by atoms with Crippen molar-refractivity contribution in [2.45, 2.75) is 19.0 Å². The molecule has 5 nitrogen and oxygen atoms in total. The van der Waals surface area contributed by atoms with Crippen LogP contribution in [-0.4, -0.2) is 56.2 Å². The number of morpholine rings is 1. The molecule has 1 amide bonds. The third-order valence-corrected chi connectivity index (χ3v) is 2.61. The molecule has 0 aromatic carbocycles. The molecule has 2 atom stereocenters. The van der Waals surface area contributed by atoms with Crippen LogP contribution in [0.1, 0.15) is 6.92 Å². The number of carbonyl (C=O) groups excluding carboxylic acids is 1. The van der Waals surface area contributed by atoms with Gasteiger partial charge in [0.05, 0.1) is 19.3 Å². The van der Waals surface area contributed by atoms with E-state index in [9.17, 15) is 4.79 Å². The number of hydrogen-bond acceptors (Lipinski definition) is 4. The molecule has 1 aliphatic rings. The quantitative estimate of drug-likeness (QED) is 0.598. The van der Waals surface area contributed by atoms with Gasteiger partial charge in [0.15, 0.2) is 0 Å². The van der Waals surface area contributed by atoms with Crippen LogP contribution >= 0.6 is 0 Å². The normalized spacial score (nSPS) is 26.0. The number of primary amides is 1. The summed E-state index contributed by atoms with van der Waals surface area (Å²) in [5, 5.41) is 2.91. The van der Waals surface area contributed by atoms with Gasteiger partial charge in [-0.3, -0.25) is 9.69 Å². The molecule has 0 aromatic rings. The van der Waals surface area contributed by atoms with Crippen LogP contribution in [0.15, 0.2) is 0 Å². The SMILES string of the molecule is CNC(CN1CCOCC1C)C(N)=O. The van der Waals surface area contributed by atoms with E-state index in [0.29, 0.717) is 12.6 Å². The summed E-state index contributed by atoms with van der Waals surface area (Å²) in [6, 6.07) is 0.0921. The maximum atomic E-state index is 11.0. The first-order valence-corrected chi connectivity index (χ1v) is 4.93. The van der Waals surface area contributed by atoms with Crippen LogP contribution in [0.3, 0.4) is 0 Å². The fourth-order valence-electron chi connectivity index (χ4n) is 1.59. The van der Waals surface area contributed by atoms with Crippen molar-refractivity contribution in [2.24, 2.45) is 5.73 Å². The number of likely N-dealkylation sites (N-methyl/N-ethyl adjacent to an activating group) is 1. The van der Waals surface area contributed by atoms with Crippen LogP contribution in [0.5, 0.6) is 0 Å². The molecule has 14 heavy (non-hydrogen) atoms. The van der Waals surface area contributed by atoms with Crippen molar-refractivity contribution in [1.29, 1.82) is 0 Å². The molecule has 1 rings (SSSR count). The van der Waals surface area contributed by atoms with Crippen LogP contribution in [0.25, 0.3) is 0 Å². The van der Waals surface area contributed by atoms with E-state index in [2.05, 4.69) is 17.1 Å².